The van der Waals surface area contributed by atoms with E-state index in [9.17, 15) is 9.59 Å². The van der Waals surface area contributed by atoms with E-state index in [2.05, 4.69) is 0 Å². The van der Waals surface area contributed by atoms with Crippen molar-refractivity contribution in [3.8, 4) is 0 Å². The lowest BCUT2D eigenvalue weighted by atomic mass is 9.96. The molecular formula is C11H20O6S. The topological polar surface area (TPSA) is 104 Å². The van der Waals surface area contributed by atoms with Crippen molar-refractivity contribution < 1.29 is 29.6 Å². The Bertz CT molecular complexity index is 264. The highest BCUT2D eigenvalue weighted by atomic mass is 32.2. The van der Waals surface area contributed by atoms with Gasteiger partial charge in [-0.05, 0) is 0 Å². The average Bonchev–Trinajstić information content (AvgIpc) is 2.35. The van der Waals surface area contributed by atoms with E-state index in [-0.39, 0.29) is 32.7 Å². The van der Waals surface area contributed by atoms with Crippen molar-refractivity contribution in [2.45, 2.75) is 19.8 Å². The molecule has 0 saturated carbocycles. The summed E-state index contributed by atoms with van der Waals surface area (Å²) in [6.45, 7) is 1.76. The number of aliphatic hydroxyl groups is 2. The first-order valence-corrected chi connectivity index (χ1v) is 6.76. The Hall–Kier alpha value is -0.790. The van der Waals surface area contributed by atoms with Crippen LogP contribution in [0.4, 0.5) is 0 Å². The molecule has 3 N–H and O–H groups in total. The number of esters is 1. The molecule has 0 radical (unpaired) electrons. The molecule has 106 valence electrons. The molecule has 0 atom stereocenters. The van der Waals surface area contributed by atoms with Gasteiger partial charge in [-0.25, -0.2) is 0 Å². The Morgan fingerprint density at radius 3 is 2.33 bits per heavy atom. The highest BCUT2D eigenvalue weighted by molar-refractivity contribution is 7.99. The van der Waals surface area contributed by atoms with E-state index >= 15 is 0 Å². The second kappa shape index (κ2) is 9.18. The maximum absolute atomic E-state index is 11.0. The van der Waals surface area contributed by atoms with E-state index in [1.165, 1.54) is 11.8 Å². The number of hydrogen-bond donors (Lipinski definition) is 3. The zero-order valence-electron chi connectivity index (χ0n) is 10.4. The van der Waals surface area contributed by atoms with Crippen molar-refractivity contribution in [2.75, 3.05) is 31.3 Å². The minimum atomic E-state index is -1.03. The molecule has 0 aliphatic rings. The van der Waals surface area contributed by atoms with Crippen molar-refractivity contribution >= 4 is 23.7 Å². The molecule has 7 heteroatoms. The molecule has 6 nitrogen and oxygen atoms in total. The third kappa shape index (κ3) is 8.32. The third-order valence-corrected chi connectivity index (χ3v) is 3.60. The van der Waals surface area contributed by atoms with Gasteiger partial charge in [-0.15, -0.1) is 0 Å². The minimum absolute atomic E-state index is 0.102. The molecule has 0 aromatic heterocycles. The molecule has 0 rings (SSSR count). The predicted octanol–water partition coefficient (Wildman–Crippen LogP) is 0.118. The standard InChI is InChI=1S/C11H20O6S/c1-11(6-12,7-13)8-18-5-4-17-10(16)3-2-9(14)15/h12-13H,2-8H2,1H3,(H,14,15). The first-order valence-electron chi connectivity index (χ1n) is 5.60. The number of carbonyl (C=O) groups is 2. The van der Waals surface area contributed by atoms with Gasteiger partial charge in [0.2, 0.25) is 0 Å². The number of carboxylic acid groups (broad SMARTS) is 1. The van der Waals surface area contributed by atoms with Gasteiger partial charge < -0.3 is 20.1 Å². The number of ether oxygens (including phenoxy) is 1. The monoisotopic (exact) mass is 280 g/mol. The summed E-state index contributed by atoms with van der Waals surface area (Å²) >= 11 is 1.46. The molecule has 18 heavy (non-hydrogen) atoms. The van der Waals surface area contributed by atoms with Crippen molar-refractivity contribution in [2.24, 2.45) is 5.41 Å². The van der Waals surface area contributed by atoms with Crippen LogP contribution in [0.25, 0.3) is 0 Å². The summed E-state index contributed by atoms with van der Waals surface area (Å²) in [5.74, 6) is -0.436. The summed E-state index contributed by atoms with van der Waals surface area (Å²) in [5.41, 5.74) is -0.530. The summed E-state index contributed by atoms with van der Waals surface area (Å²) < 4.78 is 4.83. The molecule has 0 bridgehead atoms. The van der Waals surface area contributed by atoms with Crippen molar-refractivity contribution in [3.63, 3.8) is 0 Å². The zero-order chi connectivity index (χ0) is 14.0. The lowest BCUT2D eigenvalue weighted by molar-refractivity contribution is -0.147. The number of rotatable bonds is 10. The number of aliphatic carboxylic acids is 1. The van der Waals surface area contributed by atoms with E-state index in [1.54, 1.807) is 6.92 Å². The fraction of sp³-hybridized carbons (Fsp3) is 0.818. The fourth-order valence-electron chi connectivity index (χ4n) is 0.955. The van der Waals surface area contributed by atoms with Gasteiger partial charge in [0.05, 0.1) is 26.1 Å². The van der Waals surface area contributed by atoms with Crippen LogP contribution in [0.15, 0.2) is 0 Å². The summed E-state index contributed by atoms with van der Waals surface area (Å²) in [4.78, 5) is 21.2. The van der Waals surface area contributed by atoms with Crippen molar-refractivity contribution in [1.29, 1.82) is 0 Å². The van der Waals surface area contributed by atoms with E-state index < -0.39 is 17.4 Å². The Labute approximate surface area is 110 Å². The van der Waals surface area contributed by atoms with Gasteiger partial charge in [0.15, 0.2) is 0 Å². The van der Waals surface area contributed by atoms with Crippen molar-refractivity contribution in [3.05, 3.63) is 0 Å². The van der Waals surface area contributed by atoms with Crippen LogP contribution in [0, 0.1) is 5.41 Å². The van der Waals surface area contributed by atoms with Crippen LogP contribution < -0.4 is 0 Å². The largest absolute Gasteiger partial charge is 0.481 e. The van der Waals surface area contributed by atoms with Crippen LogP contribution in [0.5, 0.6) is 0 Å². The van der Waals surface area contributed by atoms with Gasteiger partial charge in [0.1, 0.15) is 6.61 Å². The normalized spacial score (nSPS) is 11.3. The molecule has 0 saturated heterocycles. The van der Waals surface area contributed by atoms with Gasteiger partial charge >= 0.3 is 11.9 Å². The van der Waals surface area contributed by atoms with Crippen LogP contribution in [0.1, 0.15) is 19.8 Å². The molecular weight excluding hydrogens is 260 g/mol. The average molecular weight is 280 g/mol. The number of hydrogen-bond acceptors (Lipinski definition) is 6. The Kier molecular flexibility index (Phi) is 8.78. The lowest BCUT2D eigenvalue weighted by Crippen LogP contribution is -2.29. The molecule has 0 heterocycles. The second-order valence-electron chi connectivity index (χ2n) is 4.29. The lowest BCUT2D eigenvalue weighted by Gasteiger charge is -2.23. The fourth-order valence-corrected chi connectivity index (χ4v) is 1.98. The third-order valence-electron chi connectivity index (χ3n) is 2.25. The van der Waals surface area contributed by atoms with Gasteiger partial charge in [0.25, 0.3) is 0 Å². The van der Waals surface area contributed by atoms with Crippen LogP contribution in [-0.4, -0.2) is 58.6 Å². The SMILES string of the molecule is CC(CO)(CO)CSCCOC(=O)CCC(=O)O. The number of thioether (sulfide) groups is 1. The maximum Gasteiger partial charge on any atom is 0.306 e. The van der Waals surface area contributed by atoms with Crippen LogP contribution in [0.3, 0.4) is 0 Å². The molecule has 0 aromatic rings. The van der Waals surface area contributed by atoms with Gasteiger partial charge in [-0.1, -0.05) is 6.92 Å². The highest BCUT2D eigenvalue weighted by Gasteiger charge is 2.22. The summed E-state index contributed by atoms with van der Waals surface area (Å²) in [7, 11) is 0. The number of carbonyl (C=O) groups excluding carboxylic acids is 1. The van der Waals surface area contributed by atoms with Gasteiger partial charge in [0, 0.05) is 16.9 Å². The molecule has 0 aliphatic carbocycles. The second-order valence-corrected chi connectivity index (χ2v) is 5.40. The summed E-state index contributed by atoms with van der Waals surface area (Å²) in [6.07, 6.45) is -0.343. The van der Waals surface area contributed by atoms with Crippen LogP contribution in [-0.2, 0) is 14.3 Å². The van der Waals surface area contributed by atoms with E-state index in [0.29, 0.717) is 11.5 Å². The van der Waals surface area contributed by atoms with E-state index in [4.69, 9.17) is 20.1 Å². The van der Waals surface area contributed by atoms with Gasteiger partial charge in [-0.3, -0.25) is 9.59 Å². The van der Waals surface area contributed by atoms with Crippen LogP contribution in [0.2, 0.25) is 0 Å². The summed E-state index contributed by atoms with van der Waals surface area (Å²) in [5, 5.41) is 26.4. The smallest absolute Gasteiger partial charge is 0.306 e. The molecule has 0 unspecified atom stereocenters. The van der Waals surface area contributed by atoms with Crippen molar-refractivity contribution in [1.82, 2.24) is 0 Å². The number of carboxylic acids is 1. The van der Waals surface area contributed by atoms with Crippen LogP contribution >= 0.6 is 11.8 Å². The summed E-state index contributed by atoms with van der Waals surface area (Å²) in [6, 6.07) is 0. The Balaban J connectivity index is 3.56. The molecule has 0 fully saturated rings. The maximum atomic E-state index is 11.0. The molecule has 0 spiro atoms. The Morgan fingerprint density at radius 1 is 1.22 bits per heavy atom. The first kappa shape index (κ1) is 17.2. The zero-order valence-corrected chi connectivity index (χ0v) is 11.2. The number of aliphatic hydroxyl groups excluding tert-OH is 2. The van der Waals surface area contributed by atoms with Gasteiger partial charge in [-0.2, -0.15) is 11.8 Å². The van der Waals surface area contributed by atoms with E-state index in [1.807, 2.05) is 0 Å². The predicted molar refractivity (Wildman–Crippen MR) is 67.4 cm³/mol. The molecule has 0 aromatic carbocycles. The molecule has 0 aliphatic heterocycles. The minimum Gasteiger partial charge on any atom is -0.481 e. The molecule has 0 amide bonds. The quantitative estimate of drug-likeness (QED) is 0.385. The Morgan fingerprint density at radius 2 is 1.83 bits per heavy atom. The first-order chi connectivity index (χ1) is 8.43. The highest BCUT2D eigenvalue weighted by Crippen LogP contribution is 2.20. The van der Waals surface area contributed by atoms with E-state index in [0.717, 1.165) is 0 Å².